The number of amides is 2. The van der Waals surface area contributed by atoms with E-state index >= 15 is 0 Å². The highest BCUT2D eigenvalue weighted by Crippen LogP contribution is 2.18. The zero-order valence-corrected chi connectivity index (χ0v) is 17.6. The number of anilines is 2. The van der Waals surface area contributed by atoms with Gasteiger partial charge in [0.05, 0.1) is 5.69 Å². The molecule has 0 aliphatic carbocycles. The normalized spacial score (nSPS) is 9.97. The van der Waals surface area contributed by atoms with Crippen molar-refractivity contribution in [2.45, 2.75) is 0 Å². The molecule has 164 valence electrons. The fourth-order valence-electron chi connectivity index (χ4n) is 3.00. The van der Waals surface area contributed by atoms with Gasteiger partial charge in [-0.3, -0.25) is 20.2 Å². The van der Waals surface area contributed by atoms with Crippen molar-refractivity contribution in [3.8, 4) is 18.0 Å². The summed E-state index contributed by atoms with van der Waals surface area (Å²) in [6, 6.07) is 21.8. The van der Waals surface area contributed by atoms with Crippen LogP contribution >= 0.6 is 0 Å². The van der Waals surface area contributed by atoms with Crippen molar-refractivity contribution in [2.24, 2.45) is 5.11 Å². The summed E-state index contributed by atoms with van der Waals surface area (Å²) in [7, 11) is 0. The van der Waals surface area contributed by atoms with Crippen LogP contribution in [0.5, 0.6) is 0 Å². The van der Waals surface area contributed by atoms with Crippen LogP contribution in [0, 0.1) is 17.9 Å². The smallest absolute Gasteiger partial charge is 0.258 e. The van der Waals surface area contributed by atoms with E-state index in [1.165, 1.54) is 16.8 Å². The molecule has 10 heteroatoms. The van der Waals surface area contributed by atoms with Crippen LogP contribution in [0.3, 0.4) is 0 Å². The zero-order valence-electron chi connectivity index (χ0n) is 17.6. The van der Waals surface area contributed by atoms with Gasteiger partial charge in [-0.15, -0.1) is 11.5 Å². The highest BCUT2D eigenvalue weighted by molar-refractivity contribution is 6.05. The van der Waals surface area contributed by atoms with Gasteiger partial charge >= 0.3 is 0 Å². The molecule has 1 aromatic heterocycles. The Labute approximate surface area is 193 Å². The first-order valence-corrected chi connectivity index (χ1v) is 9.97. The molecule has 0 radical (unpaired) electrons. The maximum Gasteiger partial charge on any atom is 0.258 e. The summed E-state index contributed by atoms with van der Waals surface area (Å²) in [5, 5.41) is 13.3. The van der Waals surface area contributed by atoms with E-state index < -0.39 is 11.8 Å². The summed E-state index contributed by atoms with van der Waals surface area (Å²) in [6.45, 7) is 0. The molecule has 3 N–H and O–H groups in total. The van der Waals surface area contributed by atoms with Crippen LogP contribution in [0.4, 0.5) is 17.6 Å². The molecule has 4 aromatic rings. The van der Waals surface area contributed by atoms with Gasteiger partial charge < -0.3 is 0 Å². The first-order valence-electron chi connectivity index (χ1n) is 9.97. The van der Waals surface area contributed by atoms with E-state index in [1.807, 2.05) is 18.2 Å². The minimum Gasteiger partial charge on any atom is -0.290 e. The SMILES string of the molecule is C#Cc1ccc(C(=O)Nc2nc(NC(=O)c3ccc(N=[N+]=N)cc3)nn2-c2ccccc2)cc1. The van der Waals surface area contributed by atoms with E-state index in [1.54, 1.807) is 48.5 Å². The van der Waals surface area contributed by atoms with Gasteiger partial charge in [0, 0.05) is 16.7 Å². The zero-order chi connectivity index (χ0) is 23.9. The number of nitrogens with one attached hydrogen (secondary N) is 3. The summed E-state index contributed by atoms with van der Waals surface area (Å²) in [4.78, 5) is 32.7. The summed E-state index contributed by atoms with van der Waals surface area (Å²) < 4.78 is 1.42. The predicted octanol–water partition coefficient (Wildman–Crippen LogP) is 3.94. The van der Waals surface area contributed by atoms with Crippen molar-refractivity contribution in [1.29, 1.82) is 5.53 Å². The van der Waals surface area contributed by atoms with Crippen LogP contribution < -0.4 is 15.5 Å². The number of rotatable bonds is 6. The molecule has 10 nitrogen and oxygen atoms in total. The van der Waals surface area contributed by atoms with Gasteiger partial charge in [0.25, 0.3) is 17.8 Å². The van der Waals surface area contributed by atoms with E-state index in [2.05, 4.69) is 36.7 Å². The topological polar surface area (TPSA) is 139 Å². The summed E-state index contributed by atoms with van der Waals surface area (Å²) in [5.74, 6) is 1.76. The van der Waals surface area contributed by atoms with E-state index in [9.17, 15) is 9.59 Å². The largest absolute Gasteiger partial charge is 0.290 e. The monoisotopic (exact) mass is 449 g/mol. The Morgan fingerprint density at radius 3 is 2.15 bits per heavy atom. The predicted molar refractivity (Wildman–Crippen MR) is 125 cm³/mol. The van der Waals surface area contributed by atoms with Crippen LogP contribution in [0.2, 0.25) is 0 Å². The maximum absolute atomic E-state index is 12.8. The van der Waals surface area contributed by atoms with Crippen LogP contribution in [0.1, 0.15) is 26.3 Å². The van der Waals surface area contributed by atoms with E-state index in [-0.39, 0.29) is 11.9 Å². The molecule has 0 unspecified atom stereocenters. The highest BCUT2D eigenvalue weighted by Gasteiger charge is 2.17. The van der Waals surface area contributed by atoms with Gasteiger partial charge in [-0.05, 0) is 60.7 Å². The Balaban J connectivity index is 1.60. The van der Waals surface area contributed by atoms with Crippen molar-refractivity contribution in [3.05, 3.63) is 95.6 Å². The average Bonchev–Trinajstić information content (AvgIpc) is 3.27. The lowest BCUT2D eigenvalue weighted by atomic mass is 10.1. The molecule has 0 aliphatic heterocycles. The number of benzene rings is 3. The van der Waals surface area contributed by atoms with Gasteiger partial charge in [0.15, 0.2) is 10.8 Å². The lowest BCUT2D eigenvalue weighted by Crippen LogP contribution is -2.16. The van der Waals surface area contributed by atoms with Crippen molar-refractivity contribution < 1.29 is 9.59 Å². The van der Waals surface area contributed by atoms with Gasteiger partial charge in [-0.1, -0.05) is 24.1 Å². The van der Waals surface area contributed by atoms with Gasteiger partial charge in [-0.25, -0.2) is 0 Å². The molecular weight excluding hydrogens is 432 g/mol. The second-order valence-electron chi connectivity index (χ2n) is 6.88. The number of hydrogen-bond donors (Lipinski definition) is 3. The molecule has 0 spiro atoms. The molecule has 0 bridgehead atoms. The first-order chi connectivity index (χ1) is 16.6. The number of para-hydroxylation sites is 1. The standard InChI is InChI=1S/C24H16N8O2/c1-2-16-8-10-17(11-9-16)22(34)27-24-28-23(30-32(24)20-6-4-3-5-7-20)26-21(33)18-12-14-19(15-13-18)29-31-25/h1,3-15H,(H2-,25,26,27,28,29,30,33,34)/p+1. The van der Waals surface area contributed by atoms with Crippen LogP contribution in [-0.4, -0.2) is 26.6 Å². The van der Waals surface area contributed by atoms with Crippen LogP contribution in [0.25, 0.3) is 5.69 Å². The second kappa shape index (κ2) is 9.82. The molecule has 4 rings (SSSR count). The van der Waals surface area contributed by atoms with E-state index in [4.69, 9.17) is 12.0 Å². The first kappa shape index (κ1) is 21.8. The van der Waals surface area contributed by atoms with E-state index in [0.717, 1.165) is 0 Å². The van der Waals surface area contributed by atoms with Gasteiger partial charge in [-0.2, -0.15) is 9.67 Å². The Kier molecular flexibility index (Phi) is 6.31. The van der Waals surface area contributed by atoms with Crippen molar-refractivity contribution >= 4 is 29.4 Å². The summed E-state index contributed by atoms with van der Waals surface area (Å²) >= 11 is 0. The molecule has 34 heavy (non-hydrogen) atoms. The van der Waals surface area contributed by atoms with Crippen LogP contribution in [-0.2, 0) is 0 Å². The minimum absolute atomic E-state index is 0.00162. The Morgan fingerprint density at radius 2 is 1.53 bits per heavy atom. The molecule has 0 aliphatic rings. The molecule has 3 aromatic carbocycles. The quantitative estimate of drug-likeness (QED) is 0.233. The second-order valence-corrected chi connectivity index (χ2v) is 6.88. The third-order valence-corrected chi connectivity index (χ3v) is 4.67. The average molecular weight is 449 g/mol. The summed E-state index contributed by atoms with van der Waals surface area (Å²) in [5.41, 5.74) is 9.22. The van der Waals surface area contributed by atoms with E-state index in [0.29, 0.717) is 28.1 Å². The highest BCUT2D eigenvalue weighted by atomic mass is 16.2. The number of hydrogen-bond acceptors (Lipinski definition) is 6. The third kappa shape index (κ3) is 4.91. The molecule has 0 atom stereocenters. The number of terminal acetylenes is 1. The number of carbonyl (C=O) groups is 2. The van der Waals surface area contributed by atoms with Crippen molar-refractivity contribution in [2.75, 3.05) is 10.6 Å². The van der Waals surface area contributed by atoms with Crippen LogP contribution in [0.15, 0.2) is 84.0 Å². The number of nitrogens with zero attached hydrogens (tertiary/aromatic N) is 5. The molecule has 2 amide bonds. The fourth-order valence-corrected chi connectivity index (χ4v) is 3.00. The molecule has 0 saturated heterocycles. The summed E-state index contributed by atoms with van der Waals surface area (Å²) in [6.07, 6.45) is 5.37. The van der Waals surface area contributed by atoms with Crippen molar-refractivity contribution in [1.82, 2.24) is 19.7 Å². The van der Waals surface area contributed by atoms with Gasteiger partial charge in [0.2, 0.25) is 10.9 Å². The molecule has 0 fully saturated rings. The molecular formula is C24H17N8O2+. The van der Waals surface area contributed by atoms with Gasteiger partial charge in [0.1, 0.15) is 5.53 Å². The Bertz CT molecular complexity index is 1430. The minimum atomic E-state index is -0.456. The lowest BCUT2D eigenvalue weighted by Gasteiger charge is -2.07. The Morgan fingerprint density at radius 1 is 0.912 bits per heavy atom. The third-order valence-electron chi connectivity index (χ3n) is 4.67. The maximum atomic E-state index is 12.8. The number of aromatic nitrogens is 3. The molecule has 1 heterocycles. The molecule has 0 saturated carbocycles. The lowest BCUT2D eigenvalue weighted by molar-refractivity contribution is 0.101. The Hall–Kier alpha value is -5.39. The fraction of sp³-hybridized carbons (Fsp3) is 0. The number of carbonyl (C=O) groups excluding carboxylic acids is 2. The van der Waals surface area contributed by atoms with Crippen molar-refractivity contribution in [3.63, 3.8) is 0 Å².